The zero-order valence-electron chi connectivity index (χ0n) is 8.58. The fourth-order valence-electron chi connectivity index (χ4n) is 2.28. The van der Waals surface area contributed by atoms with Crippen LogP contribution in [0.15, 0.2) is 72.4 Å². The van der Waals surface area contributed by atoms with Crippen molar-refractivity contribution in [3.8, 4) is 0 Å². The molecular weight excluding hydrogens is 200 g/mol. The monoisotopic (exact) mass is 210 g/mol. The zero-order chi connectivity index (χ0) is 10.5. The Morgan fingerprint density at radius 1 is 1.12 bits per heavy atom. The highest BCUT2D eigenvalue weighted by Crippen LogP contribution is 2.37. The van der Waals surface area contributed by atoms with Crippen LogP contribution in [0, 0.1) is 0 Å². The third-order valence-corrected chi connectivity index (χ3v) is 3.07. The summed E-state index contributed by atoms with van der Waals surface area (Å²) in [5.41, 5.74) is 1.16. The van der Waals surface area contributed by atoms with E-state index in [-0.39, 0.29) is 6.04 Å². The first-order chi connectivity index (χ1) is 7.92. The average Bonchev–Trinajstić information content (AvgIpc) is 2.86. The van der Waals surface area contributed by atoms with E-state index in [1.165, 1.54) is 0 Å². The molecule has 3 nitrogen and oxygen atoms in total. The molecule has 3 heterocycles. The summed E-state index contributed by atoms with van der Waals surface area (Å²) < 4.78 is 5.78. The first kappa shape index (κ1) is 8.05. The Balaban J connectivity index is 1.80. The number of nitrogens with zero attached hydrogens (tertiary/aromatic N) is 2. The lowest BCUT2D eigenvalue weighted by atomic mass is 10.2. The molecule has 3 heteroatoms. The highest BCUT2D eigenvalue weighted by molar-refractivity contribution is 5.40. The number of allylic oxidation sites excluding steroid dienone is 5. The molecule has 1 unspecified atom stereocenters. The molecule has 1 atom stereocenters. The second-order valence-electron chi connectivity index (χ2n) is 4.04. The summed E-state index contributed by atoms with van der Waals surface area (Å²) in [5.74, 6) is 1.90. The highest BCUT2D eigenvalue weighted by Gasteiger charge is 2.36. The fraction of sp³-hybridized carbons (Fsp3) is 0.0769. The van der Waals surface area contributed by atoms with Gasteiger partial charge < -0.3 is 14.5 Å². The van der Waals surface area contributed by atoms with Crippen molar-refractivity contribution in [2.45, 2.75) is 6.04 Å². The van der Waals surface area contributed by atoms with Crippen molar-refractivity contribution in [1.82, 2.24) is 9.80 Å². The van der Waals surface area contributed by atoms with E-state index in [2.05, 4.69) is 28.2 Å². The van der Waals surface area contributed by atoms with Crippen LogP contribution in [0.1, 0.15) is 0 Å². The van der Waals surface area contributed by atoms with Gasteiger partial charge in [-0.15, -0.1) is 0 Å². The molecule has 1 fully saturated rings. The third kappa shape index (κ3) is 0.922. The third-order valence-electron chi connectivity index (χ3n) is 3.07. The quantitative estimate of drug-likeness (QED) is 0.609. The van der Waals surface area contributed by atoms with E-state index >= 15 is 0 Å². The second-order valence-corrected chi connectivity index (χ2v) is 4.04. The summed E-state index contributed by atoms with van der Waals surface area (Å²) in [7, 11) is 0. The molecule has 1 aliphatic carbocycles. The van der Waals surface area contributed by atoms with Crippen LogP contribution in [0.25, 0.3) is 0 Å². The lowest BCUT2D eigenvalue weighted by molar-refractivity contribution is 0.280. The normalized spacial score (nSPS) is 28.0. The topological polar surface area (TPSA) is 15.7 Å². The Kier molecular flexibility index (Phi) is 1.36. The molecular formula is C13H10N2O. The van der Waals surface area contributed by atoms with Gasteiger partial charge >= 0.3 is 0 Å². The van der Waals surface area contributed by atoms with E-state index < -0.39 is 0 Å². The largest absolute Gasteiger partial charge is 0.441 e. The number of fused-ring (bicyclic) bond motifs is 4. The van der Waals surface area contributed by atoms with Gasteiger partial charge in [0.2, 0.25) is 5.88 Å². The van der Waals surface area contributed by atoms with Crippen molar-refractivity contribution in [2.24, 2.45) is 0 Å². The Bertz CT molecular complexity index is 534. The number of hydrogen-bond acceptors (Lipinski definition) is 3. The number of rotatable bonds is 0. The Hall–Kier alpha value is -2.16. The van der Waals surface area contributed by atoms with Gasteiger partial charge in [-0.2, -0.15) is 0 Å². The molecule has 3 aliphatic heterocycles. The molecule has 0 aromatic rings. The summed E-state index contributed by atoms with van der Waals surface area (Å²) >= 11 is 0. The van der Waals surface area contributed by atoms with Gasteiger partial charge in [-0.25, -0.2) is 0 Å². The average molecular weight is 210 g/mol. The lowest BCUT2D eigenvalue weighted by Gasteiger charge is -2.29. The smallest absolute Gasteiger partial charge is 0.217 e. The SMILES string of the molecule is C1=CC2=CN3C(=CN2C=C1)OC1=CC=CC13. The van der Waals surface area contributed by atoms with Gasteiger partial charge in [-0.05, 0) is 18.2 Å². The lowest BCUT2D eigenvalue weighted by Crippen LogP contribution is -2.28. The van der Waals surface area contributed by atoms with Crippen LogP contribution >= 0.6 is 0 Å². The van der Waals surface area contributed by atoms with Crippen LogP contribution in [-0.4, -0.2) is 15.8 Å². The van der Waals surface area contributed by atoms with E-state index in [4.69, 9.17) is 4.74 Å². The van der Waals surface area contributed by atoms with Crippen LogP contribution in [0.2, 0.25) is 0 Å². The molecule has 4 rings (SSSR count). The molecule has 0 bridgehead atoms. The Labute approximate surface area is 93.6 Å². The first-order valence-corrected chi connectivity index (χ1v) is 5.33. The predicted molar refractivity (Wildman–Crippen MR) is 60.2 cm³/mol. The fourth-order valence-corrected chi connectivity index (χ4v) is 2.28. The molecule has 78 valence electrons. The maximum atomic E-state index is 5.78. The number of ether oxygens (including phenoxy) is 1. The van der Waals surface area contributed by atoms with Gasteiger partial charge in [0.1, 0.15) is 11.8 Å². The number of hydrogen-bond donors (Lipinski definition) is 0. The van der Waals surface area contributed by atoms with E-state index in [0.29, 0.717) is 0 Å². The Morgan fingerprint density at radius 3 is 3.12 bits per heavy atom. The summed E-state index contributed by atoms with van der Waals surface area (Å²) in [5, 5.41) is 0. The standard InChI is InChI=1S/C13H10N2O/c1-2-7-14-9-13-15(8-10(14)4-1)11-5-3-6-12(11)16-13/h1-9,11H. The maximum absolute atomic E-state index is 5.78. The van der Waals surface area contributed by atoms with Crippen molar-refractivity contribution in [1.29, 1.82) is 0 Å². The summed E-state index contributed by atoms with van der Waals surface area (Å²) in [6.07, 6.45) is 18.5. The van der Waals surface area contributed by atoms with Gasteiger partial charge in [-0.3, -0.25) is 0 Å². The molecule has 0 aromatic heterocycles. The molecule has 0 saturated carbocycles. The molecule has 0 aromatic carbocycles. The van der Waals surface area contributed by atoms with Crippen molar-refractivity contribution in [2.75, 3.05) is 0 Å². The maximum Gasteiger partial charge on any atom is 0.217 e. The van der Waals surface area contributed by atoms with Crippen molar-refractivity contribution >= 4 is 0 Å². The van der Waals surface area contributed by atoms with E-state index in [1.54, 1.807) is 0 Å². The minimum absolute atomic E-state index is 0.250. The van der Waals surface area contributed by atoms with Gasteiger partial charge in [0.05, 0.1) is 11.9 Å². The molecule has 0 spiro atoms. The molecule has 0 N–H and O–H groups in total. The predicted octanol–water partition coefficient (Wildman–Crippen LogP) is 2.18. The van der Waals surface area contributed by atoms with Gasteiger partial charge in [0.15, 0.2) is 0 Å². The van der Waals surface area contributed by atoms with Crippen LogP contribution in [0.5, 0.6) is 0 Å². The highest BCUT2D eigenvalue weighted by atomic mass is 16.5. The zero-order valence-corrected chi connectivity index (χ0v) is 8.58. The van der Waals surface area contributed by atoms with E-state index in [9.17, 15) is 0 Å². The van der Waals surface area contributed by atoms with Gasteiger partial charge in [-0.1, -0.05) is 18.2 Å². The minimum Gasteiger partial charge on any atom is -0.441 e. The van der Waals surface area contributed by atoms with Crippen LogP contribution in [0.3, 0.4) is 0 Å². The Morgan fingerprint density at radius 2 is 2.12 bits per heavy atom. The van der Waals surface area contributed by atoms with Crippen molar-refractivity contribution in [3.05, 3.63) is 72.4 Å². The van der Waals surface area contributed by atoms with Gasteiger partial charge in [0, 0.05) is 12.4 Å². The van der Waals surface area contributed by atoms with Crippen molar-refractivity contribution in [3.63, 3.8) is 0 Å². The summed E-state index contributed by atoms with van der Waals surface area (Å²) in [6, 6.07) is 0.250. The minimum atomic E-state index is 0.250. The molecule has 16 heavy (non-hydrogen) atoms. The molecule has 1 saturated heterocycles. The summed E-state index contributed by atoms with van der Waals surface area (Å²) in [6.45, 7) is 0. The summed E-state index contributed by atoms with van der Waals surface area (Å²) in [4.78, 5) is 4.22. The molecule has 4 aliphatic rings. The van der Waals surface area contributed by atoms with Crippen molar-refractivity contribution < 1.29 is 4.74 Å². The van der Waals surface area contributed by atoms with E-state index in [1.807, 2.05) is 36.7 Å². The van der Waals surface area contributed by atoms with Crippen LogP contribution < -0.4 is 0 Å². The molecule has 0 amide bonds. The van der Waals surface area contributed by atoms with Crippen LogP contribution in [0.4, 0.5) is 0 Å². The van der Waals surface area contributed by atoms with Gasteiger partial charge in [0.25, 0.3) is 0 Å². The second kappa shape index (κ2) is 2.70. The van der Waals surface area contributed by atoms with E-state index in [0.717, 1.165) is 17.3 Å². The van der Waals surface area contributed by atoms with Crippen LogP contribution in [-0.2, 0) is 4.74 Å². The molecule has 0 radical (unpaired) electrons. The first-order valence-electron chi connectivity index (χ1n) is 5.33.